The van der Waals surface area contributed by atoms with E-state index >= 15 is 0 Å². The summed E-state index contributed by atoms with van der Waals surface area (Å²) in [6.45, 7) is 8.50. The SMILES string of the molecule is CCCN(C1CCC(N)CC1)C1CCC(C)(C)CC1. The lowest BCUT2D eigenvalue weighted by atomic mass is 9.74. The summed E-state index contributed by atoms with van der Waals surface area (Å²) in [4.78, 5) is 2.86. The molecule has 2 N–H and O–H groups in total. The number of rotatable bonds is 4. The molecule has 0 aromatic heterocycles. The first kappa shape index (κ1) is 15.3. The Labute approximate surface area is 120 Å². The molecule has 0 radical (unpaired) electrons. The van der Waals surface area contributed by atoms with Gasteiger partial charge in [-0.15, -0.1) is 0 Å². The van der Waals surface area contributed by atoms with Crippen LogP contribution in [0.1, 0.15) is 78.6 Å². The van der Waals surface area contributed by atoms with Gasteiger partial charge in [-0.1, -0.05) is 20.8 Å². The molecular weight excluding hydrogens is 232 g/mol. The quantitative estimate of drug-likeness (QED) is 0.835. The Morgan fingerprint density at radius 1 is 0.947 bits per heavy atom. The third-order valence-electron chi connectivity index (χ3n) is 5.47. The van der Waals surface area contributed by atoms with Crippen LogP contribution in [0.15, 0.2) is 0 Å². The zero-order valence-electron chi connectivity index (χ0n) is 13.3. The molecule has 0 amide bonds. The summed E-state index contributed by atoms with van der Waals surface area (Å²) in [7, 11) is 0. The molecule has 2 aliphatic carbocycles. The van der Waals surface area contributed by atoms with E-state index in [4.69, 9.17) is 5.73 Å². The van der Waals surface area contributed by atoms with E-state index in [0.717, 1.165) is 12.1 Å². The van der Waals surface area contributed by atoms with E-state index in [1.165, 1.54) is 64.3 Å². The first-order valence-electron chi connectivity index (χ1n) is 8.53. The smallest absolute Gasteiger partial charge is 0.00993 e. The molecule has 0 aromatic rings. The highest BCUT2D eigenvalue weighted by molar-refractivity contribution is 4.89. The zero-order chi connectivity index (χ0) is 13.9. The van der Waals surface area contributed by atoms with Gasteiger partial charge in [-0.2, -0.15) is 0 Å². The summed E-state index contributed by atoms with van der Waals surface area (Å²) in [5.41, 5.74) is 6.65. The van der Waals surface area contributed by atoms with Crippen molar-refractivity contribution in [2.24, 2.45) is 11.1 Å². The maximum atomic E-state index is 6.07. The van der Waals surface area contributed by atoms with E-state index < -0.39 is 0 Å². The summed E-state index contributed by atoms with van der Waals surface area (Å²) in [6, 6.07) is 2.16. The molecule has 112 valence electrons. The first-order chi connectivity index (χ1) is 9.02. The van der Waals surface area contributed by atoms with Gasteiger partial charge in [0, 0.05) is 18.1 Å². The third kappa shape index (κ3) is 4.19. The zero-order valence-corrected chi connectivity index (χ0v) is 13.3. The Bertz CT molecular complexity index is 256. The number of nitrogens with two attached hydrogens (primary N) is 1. The molecule has 0 spiro atoms. The molecule has 2 aliphatic rings. The van der Waals surface area contributed by atoms with Crippen molar-refractivity contribution in [3.8, 4) is 0 Å². The normalized spacial score (nSPS) is 32.7. The van der Waals surface area contributed by atoms with Crippen molar-refractivity contribution in [3.05, 3.63) is 0 Å². The van der Waals surface area contributed by atoms with Gasteiger partial charge in [0.2, 0.25) is 0 Å². The maximum Gasteiger partial charge on any atom is 0.00993 e. The second-order valence-corrected chi connectivity index (χ2v) is 7.70. The van der Waals surface area contributed by atoms with Crippen LogP contribution in [0.2, 0.25) is 0 Å². The molecule has 0 aromatic carbocycles. The molecule has 19 heavy (non-hydrogen) atoms. The van der Waals surface area contributed by atoms with Crippen LogP contribution in [0, 0.1) is 5.41 Å². The molecule has 2 rings (SSSR count). The monoisotopic (exact) mass is 266 g/mol. The second kappa shape index (κ2) is 6.58. The second-order valence-electron chi connectivity index (χ2n) is 7.70. The summed E-state index contributed by atoms with van der Waals surface area (Å²) < 4.78 is 0. The van der Waals surface area contributed by atoms with Gasteiger partial charge in [-0.05, 0) is 69.7 Å². The third-order valence-corrected chi connectivity index (χ3v) is 5.47. The van der Waals surface area contributed by atoms with Crippen LogP contribution in [0.5, 0.6) is 0 Å². The van der Waals surface area contributed by atoms with Crippen molar-refractivity contribution in [1.82, 2.24) is 4.90 Å². The van der Waals surface area contributed by atoms with Gasteiger partial charge >= 0.3 is 0 Å². The predicted octanol–water partition coefficient (Wildman–Crippen LogP) is 3.94. The van der Waals surface area contributed by atoms with Crippen molar-refractivity contribution < 1.29 is 0 Å². The average Bonchev–Trinajstić information content (AvgIpc) is 2.38. The molecule has 0 saturated heterocycles. The van der Waals surface area contributed by atoms with Crippen LogP contribution < -0.4 is 5.73 Å². The van der Waals surface area contributed by atoms with E-state index in [-0.39, 0.29) is 0 Å². The van der Waals surface area contributed by atoms with Gasteiger partial charge in [0.05, 0.1) is 0 Å². The minimum absolute atomic E-state index is 0.477. The summed E-state index contributed by atoms with van der Waals surface area (Å²) in [5.74, 6) is 0. The van der Waals surface area contributed by atoms with Gasteiger partial charge in [-0.3, -0.25) is 4.90 Å². The van der Waals surface area contributed by atoms with Crippen LogP contribution >= 0.6 is 0 Å². The molecule has 0 aliphatic heterocycles. The van der Waals surface area contributed by atoms with Crippen molar-refractivity contribution in [1.29, 1.82) is 0 Å². The molecule has 2 heteroatoms. The summed E-state index contributed by atoms with van der Waals surface area (Å²) in [5, 5.41) is 0. The van der Waals surface area contributed by atoms with Crippen LogP contribution in [-0.4, -0.2) is 29.6 Å². The van der Waals surface area contributed by atoms with Crippen LogP contribution in [0.3, 0.4) is 0 Å². The van der Waals surface area contributed by atoms with Crippen LogP contribution in [0.4, 0.5) is 0 Å². The number of nitrogens with zero attached hydrogens (tertiary/aromatic N) is 1. The highest BCUT2D eigenvalue weighted by atomic mass is 15.2. The highest BCUT2D eigenvalue weighted by Gasteiger charge is 2.33. The number of hydrogen-bond acceptors (Lipinski definition) is 2. The Kier molecular flexibility index (Phi) is 5.30. The van der Waals surface area contributed by atoms with Gasteiger partial charge in [0.1, 0.15) is 0 Å². The van der Waals surface area contributed by atoms with Crippen molar-refractivity contribution >= 4 is 0 Å². The molecule has 2 nitrogen and oxygen atoms in total. The van der Waals surface area contributed by atoms with Crippen LogP contribution in [-0.2, 0) is 0 Å². The minimum Gasteiger partial charge on any atom is -0.328 e. The Morgan fingerprint density at radius 3 is 2.00 bits per heavy atom. The molecule has 0 unspecified atom stereocenters. The minimum atomic E-state index is 0.477. The van der Waals surface area contributed by atoms with E-state index in [0.29, 0.717) is 11.5 Å². The largest absolute Gasteiger partial charge is 0.328 e. The molecule has 0 bridgehead atoms. The van der Waals surface area contributed by atoms with E-state index in [9.17, 15) is 0 Å². The van der Waals surface area contributed by atoms with Gasteiger partial charge < -0.3 is 5.73 Å². The van der Waals surface area contributed by atoms with E-state index in [1.807, 2.05) is 0 Å². The molecule has 2 saturated carbocycles. The Morgan fingerprint density at radius 2 is 1.47 bits per heavy atom. The van der Waals surface area contributed by atoms with Crippen molar-refractivity contribution in [2.75, 3.05) is 6.54 Å². The lowest BCUT2D eigenvalue weighted by Gasteiger charge is -2.45. The highest BCUT2D eigenvalue weighted by Crippen LogP contribution is 2.38. The lowest BCUT2D eigenvalue weighted by Crippen LogP contribution is -2.48. The van der Waals surface area contributed by atoms with E-state index in [2.05, 4.69) is 25.7 Å². The molecule has 0 atom stereocenters. The Balaban J connectivity index is 1.92. The summed E-state index contributed by atoms with van der Waals surface area (Å²) >= 11 is 0. The average molecular weight is 266 g/mol. The van der Waals surface area contributed by atoms with Gasteiger partial charge in [0.15, 0.2) is 0 Å². The van der Waals surface area contributed by atoms with Crippen LogP contribution in [0.25, 0.3) is 0 Å². The fraction of sp³-hybridized carbons (Fsp3) is 1.00. The van der Waals surface area contributed by atoms with E-state index in [1.54, 1.807) is 0 Å². The Hall–Kier alpha value is -0.0800. The first-order valence-corrected chi connectivity index (χ1v) is 8.53. The topological polar surface area (TPSA) is 29.3 Å². The summed E-state index contributed by atoms with van der Waals surface area (Å²) in [6.07, 6.45) is 12.1. The standard InChI is InChI=1S/C17H34N2/c1-4-13-19(15-7-5-14(18)6-8-15)16-9-11-17(2,3)12-10-16/h14-16H,4-13,18H2,1-3H3. The molecule has 2 fully saturated rings. The maximum absolute atomic E-state index is 6.07. The van der Waals surface area contributed by atoms with Gasteiger partial charge in [0.25, 0.3) is 0 Å². The van der Waals surface area contributed by atoms with Crippen molar-refractivity contribution in [3.63, 3.8) is 0 Å². The molecular formula is C17H34N2. The predicted molar refractivity (Wildman–Crippen MR) is 83.3 cm³/mol. The molecule has 0 heterocycles. The lowest BCUT2D eigenvalue weighted by molar-refractivity contribution is 0.0529. The number of hydrogen-bond donors (Lipinski definition) is 1. The van der Waals surface area contributed by atoms with Crippen molar-refractivity contribution in [2.45, 2.75) is 96.7 Å². The fourth-order valence-corrected chi connectivity index (χ4v) is 4.07. The van der Waals surface area contributed by atoms with Gasteiger partial charge in [-0.25, -0.2) is 0 Å². The fourth-order valence-electron chi connectivity index (χ4n) is 4.07.